The Morgan fingerprint density at radius 1 is 1.05 bits per heavy atom. The average molecular weight is 507 g/mol. The van der Waals surface area contributed by atoms with E-state index in [-0.39, 0.29) is 11.6 Å². The molecule has 9 heteroatoms. The Labute approximate surface area is 220 Å². The second kappa shape index (κ2) is 9.33. The molecule has 6 rings (SSSR count). The van der Waals surface area contributed by atoms with E-state index < -0.39 is 0 Å². The molecule has 4 aromatic heterocycles. The lowest BCUT2D eigenvalue weighted by Crippen LogP contribution is -2.49. The van der Waals surface area contributed by atoms with Gasteiger partial charge in [-0.3, -0.25) is 4.40 Å². The lowest BCUT2D eigenvalue weighted by Gasteiger charge is -2.30. The summed E-state index contributed by atoms with van der Waals surface area (Å²) in [5.41, 5.74) is 6.57. The molecule has 0 bridgehead atoms. The highest BCUT2D eigenvalue weighted by Gasteiger charge is 2.22. The van der Waals surface area contributed by atoms with Crippen LogP contribution in [0.15, 0.2) is 73.3 Å². The Hall–Kier alpha value is -4.66. The minimum Gasteiger partial charge on any atom is -0.339 e. The summed E-state index contributed by atoms with van der Waals surface area (Å²) in [5, 5.41) is 7.41. The largest absolute Gasteiger partial charge is 0.339 e. The molecule has 0 unspecified atom stereocenters. The number of amides is 2. The zero-order valence-electron chi connectivity index (χ0n) is 21.7. The van der Waals surface area contributed by atoms with Crippen molar-refractivity contribution in [1.82, 2.24) is 34.6 Å². The summed E-state index contributed by atoms with van der Waals surface area (Å²) >= 11 is 0. The molecule has 3 N–H and O–H groups in total. The highest BCUT2D eigenvalue weighted by molar-refractivity contribution is 5.92. The summed E-state index contributed by atoms with van der Waals surface area (Å²) in [6.45, 7) is 7.20. The van der Waals surface area contributed by atoms with Gasteiger partial charge in [-0.2, -0.15) is 0 Å². The van der Waals surface area contributed by atoms with Crippen molar-refractivity contribution < 1.29 is 4.79 Å². The second-order valence-corrected chi connectivity index (χ2v) is 10.6. The van der Waals surface area contributed by atoms with Gasteiger partial charge in [0.1, 0.15) is 23.4 Å². The van der Waals surface area contributed by atoms with Crippen LogP contribution < -0.4 is 10.6 Å². The monoisotopic (exact) mass is 506 g/mol. The van der Waals surface area contributed by atoms with E-state index in [1.807, 2.05) is 68.4 Å². The third-order valence-electron chi connectivity index (χ3n) is 6.59. The summed E-state index contributed by atoms with van der Waals surface area (Å²) in [6.07, 6.45) is 8.35. The van der Waals surface area contributed by atoms with Crippen molar-refractivity contribution in [3.8, 4) is 11.3 Å². The predicted molar refractivity (Wildman–Crippen MR) is 150 cm³/mol. The number of aromatic nitrogens is 5. The topological polar surface area (TPSA) is 103 Å². The van der Waals surface area contributed by atoms with E-state index in [0.717, 1.165) is 51.6 Å². The lowest BCUT2D eigenvalue weighted by molar-refractivity contribution is 0.193. The number of carbonyl (C=O) groups is 1. The standard InChI is InChI=1S/C29H30N8O/c1-29(2,3)35-28(38)36-13-11-19(12-14-36)23-15-22-26(31-18-32-27(22)34-23)33-21-9-10-25-30-16-24(37(25)17-21)20-7-5-4-6-8-20/h4-11,15-18H,12-14H2,1-3H3,(H,35,38)(H2,31,32,33,34). The average Bonchev–Trinajstić information content (AvgIpc) is 3.53. The van der Waals surface area contributed by atoms with Gasteiger partial charge in [-0.15, -0.1) is 0 Å². The van der Waals surface area contributed by atoms with Crippen LogP contribution in [0.4, 0.5) is 16.3 Å². The quantitative estimate of drug-likeness (QED) is 0.294. The van der Waals surface area contributed by atoms with Gasteiger partial charge in [0.2, 0.25) is 0 Å². The third-order valence-corrected chi connectivity index (χ3v) is 6.59. The van der Waals surface area contributed by atoms with Gasteiger partial charge in [-0.05, 0) is 51.0 Å². The first-order valence-corrected chi connectivity index (χ1v) is 12.7. The molecule has 5 aromatic rings. The zero-order valence-corrected chi connectivity index (χ0v) is 21.7. The molecule has 38 heavy (non-hydrogen) atoms. The number of rotatable bonds is 4. The first-order valence-electron chi connectivity index (χ1n) is 12.7. The van der Waals surface area contributed by atoms with Crippen molar-refractivity contribution in [2.75, 3.05) is 18.4 Å². The Morgan fingerprint density at radius 2 is 1.89 bits per heavy atom. The van der Waals surface area contributed by atoms with Crippen LogP contribution >= 0.6 is 0 Å². The molecule has 0 saturated heterocycles. The molecule has 0 fully saturated rings. The number of nitrogens with zero attached hydrogens (tertiary/aromatic N) is 5. The summed E-state index contributed by atoms with van der Waals surface area (Å²) in [6, 6.07) is 16.3. The SMILES string of the molecule is CC(C)(C)NC(=O)N1CC=C(c2cc3c(Nc4ccc5ncc(-c6ccccc6)n5c4)ncnc3[nH]2)CC1. The molecule has 1 aromatic carbocycles. The molecular weight excluding hydrogens is 476 g/mol. The smallest absolute Gasteiger partial charge is 0.318 e. The van der Waals surface area contributed by atoms with Gasteiger partial charge in [0.05, 0.1) is 23.0 Å². The fourth-order valence-corrected chi connectivity index (χ4v) is 4.72. The second-order valence-electron chi connectivity index (χ2n) is 10.6. The number of anilines is 2. The number of hydrogen-bond donors (Lipinski definition) is 3. The Kier molecular flexibility index (Phi) is 5.83. The number of carbonyl (C=O) groups excluding carboxylic acids is 1. The van der Waals surface area contributed by atoms with E-state index >= 15 is 0 Å². The summed E-state index contributed by atoms with van der Waals surface area (Å²) in [5.74, 6) is 0.723. The highest BCUT2D eigenvalue weighted by atomic mass is 16.2. The molecule has 1 aliphatic heterocycles. The van der Waals surface area contributed by atoms with Crippen LogP contribution in [0.1, 0.15) is 32.9 Å². The maximum absolute atomic E-state index is 12.5. The predicted octanol–water partition coefficient (Wildman–Crippen LogP) is 5.61. The number of H-pyrrole nitrogens is 1. The molecule has 0 spiro atoms. The summed E-state index contributed by atoms with van der Waals surface area (Å²) < 4.78 is 2.08. The van der Waals surface area contributed by atoms with Gasteiger partial charge in [0, 0.05) is 36.1 Å². The first kappa shape index (κ1) is 23.7. The van der Waals surface area contributed by atoms with Crippen LogP contribution in [-0.4, -0.2) is 53.9 Å². The fourth-order valence-electron chi connectivity index (χ4n) is 4.72. The van der Waals surface area contributed by atoms with Crippen LogP contribution in [0.25, 0.3) is 33.5 Å². The van der Waals surface area contributed by atoms with Crippen LogP contribution in [0.2, 0.25) is 0 Å². The van der Waals surface area contributed by atoms with Crippen LogP contribution in [0, 0.1) is 0 Å². The maximum atomic E-state index is 12.5. The fraction of sp³-hybridized carbons (Fsp3) is 0.241. The van der Waals surface area contributed by atoms with Gasteiger partial charge < -0.3 is 20.5 Å². The van der Waals surface area contributed by atoms with Gasteiger partial charge in [-0.25, -0.2) is 19.7 Å². The summed E-state index contributed by atoms with van der Waals surface area (Å²) in [7, 11) is 0. The van der Waals surface area contributed by atoms with Crippen molar-refractivity contribution in [3.63, 3.8) is 0 Å². The number of nitrogens with one attached hydrogen (secondary N) is 3. The normalized spacial score (nSPS) is 14.1. The number of urea groups is 1. The van der Waals surface area contributed by atoms with Crippen molar-refractivity contribution in [2.45, 2.75) is 32.7 Å². The molecular formula is C29H30N8O. The van der Waals surface area contributed by atoms with Crippen molar-refractivity contribution in [3.05, 3.63) is 79.0 Å². The maximum Gasteiger partial charge on any atom is 0.318 e. The number of fused-ring (bicyclic) bond motifs is 2. The molecule has 1 aliphatic rings. The van der Waals surface area contributed by atoms with E-state index in [9.17, 15) is 4.79 Å². The van der Waals surface area contributed by atoms with Crippen LogP contribution in [0.5, 0.6) is 0 Å². The minimum absolute atomic E-state index is 0.0351. The molecule has 0 aliphatic carbocycles. The van der Waals surface area contributed by atoms with Crippen LogP contribution in [0.3, 0.4) is 0 Å². The Bertz CT molecular complexity index is 1660. The van der Waals surface area contributed by atoms with E-state index in [4.69, 9.17) is 0 Å². The molecule has 192 valence electrons. The number of aromatic amines is 1. The van der Waals surface area contributed by atoms with Crippen molar-refractivity contribution in [2.24, 2.45) is 0 Å². The molecule has 2 amide bonds. The van der Waals surface area contributed by atoms with Gasteiger partial charge in [0.25, 0.3) is 0 Å². The van der Waals surface area contributed by atoms with E-state index in [2.05, 4.69) is 59.2 Å². The van der Waals surface area contributed by atoms with Crippen LogP contribution in [-0.2, 0) is 0 Å². The highest BCUT2D eigenvalue weighted by Crippen LogP contribution is 2.30. The number of pyridine rings is 1. The van der Waals surface area contributed by atoms with Gasteiger partial charge >= 0.3 is 6.03 Å². The minimum atomic E-state index is -0.258. The van der Waals surface area contributed by atoms with Crippen molar-refractivity contribution >= 4 is 39.8 Å². The number of benzene rings is 1. The van der Waals surface area contributed by atoms with Gasteiger partial charge in [0.15, 0.2) is 0 Å². The molecule has 0 radical (unpaired) electrons. The molecule has 0 atom stereocenters. The lowest BCUT2D eigenvalue weighted by atomic mass is 10.0. The molecule has 5 heterocycles. The first-order chi connectivity index (χ1) is 18.3. The Balaban J connectivity index is 1.25. The number of imidazole rings is 1. The zero-order chi connectivity index (χ0) is 26.3. The van der Waals surface area contributed by atoms with E-state index in [1.165, 1.54) is 5.57 Å². The molecule has 9 nitrogen and oxygen atoms in total. The van der Waals surface area contributed by atoms with E-state index in [1.54, 1.807) is 6.33 Å². The number of hydrogen-bond acceptors (Lipinski definition) is 5. The summed E-state index contributed by atoms with van der Waals surface area (Å²) in [4.78, 5) is 31.3. The third kappa shape index (κ3) is 4.70. The molecule has 0 saturated carbocycles. The Morgan fingerprint density at radius 3 is 2.66 bits per heavy atom. The van der Waals surface area contributed by atoms with Gasteiger partial charge in [-0.1, -0.05) is 36.4 Å². The van der Waals surface area contributed by atoms with E-state index in [0.29, 0.717) is 13.1 Å². The van der Waals surface area contributed by atoms with Crippen molar-refractivity contribution in [1.29, 1.82) is 0 Å².